The number of fused-ring (bicyclic) bond motifs is 1. The Morgan fingerprint density at radius 3 is 2.61 bits per heavy atom. The maximum absolute atomic E-state index is 13.4. The summed E-state index contributed by atoms with van der Waals surface area (Å²) >= 11 is 0. The zero-order valence-electron chi connectivity index (χ0n) is 21.3. The molecule has 0 aromatic heterocycles. The third kappa shape index (κ3) is 7.01. The number of sulfonamides is 1. The quantitative estimate of drug-likeness (QED) is 0.330. The molecule has 2 aliphatic rings. The van der Waals surface area contributed by atoms with E-state index >= 15 is 0 Å². The first-order valence-electron chi connectivity index (χ1n) is 12.5. The van der Waals surface area contributed by atoms with Gasteiger partial charge in [0.15, 0.2) is 0 Å². The summed E-state index contributed by atoms with van der Waals surface area (Å²) in [5, 5.41) is 14.0. The van der Waals surface area contributed by atoms with Gasteiger partial charge in [-0.05, 0) is 36.2 Å². The van der Waals surface area contributed by atoms with E-state index in [1.54, 1.807) is 0 Å². The molecule has 12 heteroatoms. The van der Waals surface area contributed by atoms with Crippen LogP contribution in [0.1, 0.15) is 5.56 Å². The molecule has 2 fully saturated rings. The van der Waals surface area contributed by atoms with Gasteiger partial charge in [-0.3, -0.25) is 0 Å². The Bertz CT molecular complexity index is 1150. The minimum absolute atomic E-state index is 0.00521. The van der Waals surface area contributed by atoms with Gasteiger partial charge in [0.05, 0.1) is 55.5 Å². The molecule has 2 aromatic carbocycles. The number of carbonyl (C=O) groups is 1. The zero-order chi connectivity index (χ0) is 27.1. The highest BCUT2D eigenvalue weighted by Gasteiger charge is 2.44. The van der Waals surface area contributed by atoms with Crippen LogP contribution >= 0.6 is 0 Å². The molecule has 38 heavy (non-hydrogen) atoms. The fourth-order valence-corrected chi connectivity index (χ4v) is 6.08. The number of nitrogens with zero attached hydrogens (tertiary/aromatic N) is 1. The molecule has 5 atom stereocenters. The molecular formula is C26H35N3O8S. The van der Waals surface area contributed by atoms with Crippen molar-refractivity contribution in [3.8, 4) is 0 Å². The number of benzene rings is 2. The van der Waals surface area contributed by atoms with Gasteiger partial charge in [0, 0.05) is 25.9 Å². The first-order valence-corrected chi connectivity index (χ1v) is 13.9. The van der Waals surface area contributed by atoms with Crippen LogP contribution in [0.3, 0.4) is 0 Å². The first kappa shape index (κ1) is 28.3. The molecule has 0 radical (unpaired) electrons. The number of rotatable bonds is 12. The number of amides is 1. The molecule has 2 aliphatic heterocycles. The van der Waals surface area contributed by atoms with E-state index in [1.807, 2.05) is 30.3 Å². The lowest BCUT2D eigenvalue weighted by molar-refractivity contribution is 0.0270. The van der Waals surface area contributed by atoms with Crippen molar-refractivity contribution in [1.29, 1.82) is 0 Å². The minimum atomic E-state index is -3.99. The molecule has 1 unspecified atom stereocenters. The Labute approximate surface area is 222 Å². The number of carbonyl (C=O) groups excluding carboxylic acids is 1. The number of aliphatic hydroxyl groups excluding tert-OH is 1. The molecule has 2 heterocycles. The number of aliphatic hydroxyl groups is 1. The van der Waals surface area contributed by atoms with Crippen LogP contribution in [-0.4, -0.2) is 94.9 Å². The molecule has 208 valence electrons. The van der Waals surface area contributed by atoms with Crippen molar-refractivity contribution in [3.05, 3.63) is 60.2 Å². The number of hydrogen-bond acceptors (Lipinski definition) is 9. The summed E-state index contributed by atoms with van der Waals surface area (Å²) in [4.78, 5) is 12.9. The normalized spacial score (nSPS) is 22.7. The molecule has 0 aliphatic carbocycles. The fourth-order valence-electron chi connectivity index (χ4n) is 4.63. The van der Waals surface area contributed by atoms with Crippen molar-refractivity contribution in [2.24, 2.45) is 5.92 Å². The molecule has 11 nitrogen and oxygen atoms in total. The third-order valence-corrected chi connectivity index (χ3v) is 8.68. The molecule has 2 aromatic rings. The number of anilines is 1. The van der Waals surface area contributed by atoms with Gasteiger partial charge in [0.25, 0.3) is 0 Å². The van der Waals surface area contributed by atoms with Crippen molar-refractivity contribution < 1.29 is 37.3 Å². The third-order valence-electron chi connectivity index (χ3n) is 6.80. The lowest BCUT2D eigenvalue weighted by atomic mass is 10.0. The van der Waals surface area contributed by atoms with Gasteiger partial charge in [-0.15, -0.1) is 0 Å². The Balaban J connectivity index is 1.49. The fraction of sp³-hybridized carbons (Fsp3) is 0.500. The minimum Gasteiger partial charge on any atom is -0.443 e. The summed E-state index contributed by atoms with van der Waals surface area (Å²) in [5.74, 6) is -0.0344. The average molecular weight is 550 g/mol. The van der Waals surface area contributed by atoms with Crippen LogP contribution < -0.4 is 11.1 Å². The predicted molar refractivity (Wildman–Crippen MR) is 139 cm³/mol. The van der Waals surface area contributed by atoms with E-state index in [2.05, 4.69) is 5.32 Å². The van der Waals surface area contributed by atoms with Crippen LogP contribution in [0.15, 0.2) is 59.5 Å². The number of nitrogens with two attached hydrogens (primary N) is 1. The van der Waals surface area contributed by atoms with Crippen LogP contribution in [0.2, 0.25) is 0 Å². The Kier molecular flexibility index (Phi) is 9.58. The number of hydrogen-bond donors (Lipinski definition) is 3. The summed E-state index contributed by atoms with van der Waals surface area (Å²) in [5.41, 5.74) is 7.01. The SMILES string of the molecule is COCCN(CC(O)[C@H](Cc1ccccc1)NC(=O)O[C@H]1CO[C@H]2COC[C@H]21)S(=O)(=O)c1ccc(N)cc1. The van der Waals surface area contributed by atoms with Crippen molar-refractivity contribution in [2.75, 3.05) is 52.4 Å². The summed E-state index contributed by atoms with van der Waals surface area (Å²) < 4.78 is 49.8. The largest absolute Gasteiger partial charge is 0.443 e. The van der Waals surface area contributed by atoms with E-state index in [-0.39, 0.29) is 49.6 Å². The molecule has 4 rings (SSSR count). The Hall–Kier alpha value is -2.74. The zero-order valence-corrected chi connectivity index (χ0v) is 22.1. The molecule has 4 N–H and O–H groups in total. The lowest BCUT2D eigenvalue weighted by Gasteiger charge is -2.30. The van der Waals surface area contributed by atoms with E-state index in [0.717, 1.165) is 9.87 Å². The molecular weight excluding hydrogens is 514 g/mol. The maximum atomic E-state index is 13.4. The van der Waals surface area contributed by atoms with Crippen molar-refractivity contribution in [3.63, 3.8) is 0 Å². The van der Waals surface area contributed by atoms with Crippen LogP contribution in [0.5, 0.6) is 0 Å². The highest BCUT2D eigenvalue weighted by atomic mass is 32.2. The Morgan fingerprint density at radius 1 is 1.16 bits per heavy atom. The maximum Gasteiger partial charge on any atom is 0.407 e. The monoisotopic (exact) mass is 549 g/mol. The molecule has 2 saturated heterocycles. The van der Waals surface area contributed by atoms with Crippen LogP contribution in [0.4, 0.5) is 10.5 Å². The highest BCUT2D eigenvalue weighted by Crippen LogP contribution is 2.29. The standard InChI is InChI=1S/C26H35N3O8S/c1-34-12-11-29(38(32,33)20-9-7-19(27)8-10-20)14-23(30)22(13-18-5-3-2-4-6-18)28-26(31)37-25-17-36-24-16-35-15-21(24)25/h2-10,21-25,30H,11-17,27H2,1H3,(H,28,31)/t21-,22+,23?,24+,25+/m1/s1. The van der Waals surface area contributed by atoms with Gasteiger partial charge in [-0.25, -0.2) is 13.2 Å². The van der Waals surface area contributed by atoms with Crippen molar-refractivity contribution in [2.45, 2.75) is 35.7 Å². The van der Waals surface area contributed by atoms with Gasteiger partial charge in [0.1, 0.15) is 6.10 Å². The second-order valence-electron chi connectivity index (χ2n) is 9.45. The number of nitrogen functional groups attached to an aromatic ring is 1. The van der Waals surface area contributed by atoms with Crippen LogP contribution in [0.25, 0.3) is 0 Å². The number of nitrogens with one attached hydrogen (secondary N) is 1. The summed E-state index contributed by atoms with van der Waals surface area (Å²) in [6, 6.07) is 14.3. The van der Waals surface area contributed by atoms with Gasteiger partial charge in [-0.2, -0.15) is 4.31 Å². The highest BCUT2D eigenvalue weighted by molar-refractivity contribution is 7.89. The van der Waals surface area contributed by atoms with E-state index < -0.39 is 34.4 Å². The Morgan fingerprint density at radius 2 is 1.89 bits per heavy atom. The molecule has 0 bridgehead atoms. The van der Waals surface area contributed by atoms with E-state index in [0.29, 0.717) is 18.9 Å². The van der Waals surface area contributed by atoms with E-state index in [1.165, 1.54) is 31.4 Å². The van der Waals surface area contributed by atoms with Gasteiger partial charge in [0.2, 0.25) is 10.0 Å². The van der Waals surface area contributed by atoms with Crippen LogP contribution in [0, 0.1) is 5.92 Å². The smallest absolute Gasteiger partial charge is 0.407 e. The molecule has 1 amide bonds. The van der Waals surface area contributed by atoms with E-state index in [4.69, 9.17) is 24.7 Å². The van der Waals surface area contributed by atoms with E-state index in [9.17, 15) is 18.3 Å². The molecule has 0 spiro atoms. The summed E-state index contributed by atoms with van der Waals surface area (Å²) in [6.45, 7) is 1.05. The second-order valence-corrected chi connectivity index (χ2v) is 11.4. The van der Waals surface area contributed by atoms with Crippen LogP contribution in [-0.2, 0) is 35.4 Å². The second kappa shape index (κ2) is 12.9. The van der Waals surface area contributed by atoms with Gasteiger partial charge >= 0.3 is 6.09 Å². The average Bonchev–Trinajstić information content (AvgIpc) is 3.52. The van der Waals surface area contributed by atoms with Crippen molar-refractivity contribution in [1.82, 2.24) is 9.62 Å². The summed E-state index contributed by atoms with van der Waals surface area (Å²) in [6.07, 6.45) is -2.26. The first-order chi connectivity index (χ1) is 18.3. The molecule has 0 saturated carbocycles. The van der Waals surface area contributed by atoms with Gasteiger partial charge in [-0.1, -0.05) is 30.3 Å². The number of alkyl carbamates (subject to hydrolysis) is 1. The number of methoxy groups -OCH3 is 1. The van der Waals surface area contributed by atoms with Gasteiger partial charge < -0.3 is 35.1 Å². The summed E-state index contributed by atoms with van der Waals surface area (Å²) in [7, 11) is -2.52. The number of ether oxygens (including phenoxy) is 4. The predicted octanol–water partition coefficient (Wildman–Crippen LogP) is 1.02. The lowest BCUT2D eigenvalue weighted by Crippen LogP contribution is -2.51. The topological polar surface area (TPSA) is 150 Å². The van der Waals surface area contributed by atoms with Crippen molar-refractivity contribution >= 4 is 21.8 Å².